The molecule has 0 amide bonds. The summed E-state index contributed by atoms with van der Waals surface area (Å²) in [6.07, 6.45) is 1.23. The molecule has 0 aliphatic heterocycles. The van der Waals surface area contributed by atoms with E-state index in [0.29, 0.717) is 17.5 Å². The van der Waals surface area contributed by atoms with Crippen molar-refractivity contribution in [1.29, 1.82) is 0 Å². The lowest BCUT2D eigenvalue weighted by Gasteiger charge is -2.21. The van der Waals surface area contributed by atoms with Crippen molar-refractivity contribution in [3.63, 3.8) is 0 Å². The van der Waals surface area contributed by atoms with Gasteiger partial charge < -0.3 is 9.47 Å². The van der Waals surface area contributed by atoms with Gasteiger partial charge in [-0.2, -0.15) is 8.42 Å². The summed E-state index contributed by atoms with van der Waals surface area (Å²) in [4.78, 5) is 37.2. The number of aryl methyl sites for hydroxylation is 1. The molecule has 0 aliphatic carbocycles. The Labute approximate surface area is 197 Å². The summed E-state index contributed by atoms with van der Waals surface area (Å²) in [5.74, 6) is -1.31. The summed E-state index contributed by atoms with van der Waals surface area (Å²) in [5.41, 5.74) is 1.58. The highest BCUT2D eigenvalue weighted by Crippen LogP contribution is 2.26. The summed E-state index contributed by atoms with van der Waals surface area (Å²) in [6.45, 7) is 13.4. The van der Waals surface area contributed by atoms with Crippen LogP contribution in [0.15, 0.2) is 6.07 Å². The van der Waals surface area contributed by atoms with E-state index in [1.165, 1.54) is 0 Å². The topological polar surface area (TPSA) is 113 Å². The van der Waals surface area contributed by atoms with Crippen LogP contribution in [0.5, 0.6) is 0 Å². The molecular formula is C24H36O8S. The molecule has 0 atom stereocenters. The molecule has 186 valence electrons. The van der Waals surface area contributed by atoms with Crippen LogP contribution in [0.1, 0.15) is 74.2 Å². The van der Waals surface area contributed by atoms with Crippen molar-refractivity contribution in [2.45, 2.75) is 68.4 Å². The third-order valence-corrected chi connectivity index (χ3v) is 5.41. The van der Waals surface area contributed by atoms with E-state index >= 15 is 0 Å². The molecule has 0 N–H and O–H groups in total. The highest BCUT2D eigenvalue weighted by Gasteiger charge is 2.26. The number of benzene rings is 1. The minimum atomic E-state index is -3.82. The Morgan fingerprint density at radius 1 is 0.909 bits per heavy atom. The fourth-order valence-corrected chi connectivity index (χ4v) is 3.37. The quantitative estimate of drug-likeness (QED) is 0.296. The number of carbonyl (C=O) groups excluding carboxylic acids is 3. The maximum atomic E-state index is 12.9. The van der Waals surface area contributed by atoms with Crippen molar-refractivity contribution in [3.8, 4) is 0 Å². The molecule has 8 nitrogen and oxygen atoms in total. The van der Waals surface area contributed by atoms with Gasteiger partial charge >= 0.3 is 11.9 Å². The first-order valence-corrected chi connectivity index (χ1v) is 12.5. The maximum Gasteiger partial charge on any atom is 0.311 e. The minimum absolute atomic E-state index is 0.129. The Hall–Kier alpha value is -2.26. The van der Waals surface area contributed by atoms with Crippen molar-refractivity contribution in [2.75, 3.05) is 19.5 Å². The fourth-order valence-electron chi connectivity index (χ4n) is 3.05. The molecule has 1 aromatic carbocycles. The number of rotatable bonds is 9. The van der Waals surface area contributed by atoms with Crippen LogP contribution in [0.25, 0.3) is 0 Å². The summed E-state index contributed by atoms with van der Waals surface area (Å²) in [6, 6.07) is 1.73. The molecule has 1 rings (SSSR count). The summed E-state index contributed by atoms with van der Waals surface area (Å²) in [7, 11) is -3.82. The van der Waals surface area contributed by atoms with E-state index in [-0.39, 0.29) is 24.7 Å². The Balaban J connectivity index is 3.29. The average Bonchev–Trinajstić information content (AvgIpc) is 2.64. The lowest BCUT2D eigenvalue weighted by molar-refractivity contribution is -0.154. The predicted molar refractivity (Wildman–Crippen MR) is 124 cm³/mol. The normalized spacial score (nSPS) is 12.4. The zero-order chi connectivity index (χ0) is 25.8. The van der Waals surface area contributed by atoms with Gasteiger partial charge in [-0.1, -0.05) is 6.07 Å². The Kier molecular flexibility index (Phi) is 9.40. The number of hydrogen-bond acceptors (Lipinski definition) is 8. The van der Waals surface area contributed by atoms with E-state index in [1.807, 2.05) is 6.92 Å². The van der Waals surface area contributed by atoms with Crippen LogP contribution in [0.3, 0.4) is 0 Å². The first-order chi connectivity index (χ1) is 14.8. The van der Waals surface area contributed by atoms with Crippen LogP contribution in [-0.2, 0) is 46.4 Å². The molecule has 33 heavy (non-hydrogen) atoms. The van der Waals surface area contributed by atoms with E-state index in [4.69, 9.17) is 13.7 Å². The molecule has 9 heteroatoms. The number of carbonyl (C=O) groups is 3. The molecule has 0 spiro atoms. The molecule has 0 aliphatic rings. The maximum absolute atomic E-state index is 12.9. The molecule has 0 saturated heterocycles. The highest BCUT2D eigenvalue weighted by molar-refractivity contribution is 7.86. The molecule has 0 aromatic heterocycles. The Bertz CT molecular complexity index is 1010. The van der Waals surface area contributed by atoms with Crippen molar-refractivity contribution < 1.29 is 36.5 Å². The first kappa shape index (κ1) is 28.8. The predicted octanol–water partition coefficient (Wildman–Crippen LogP) is 3.68. The van der Waals surface area contributed by atoms with E-state index in [1.54, 1.807) is 54.5 Å². The fraction of sp³-hybridized carbons (Fsp3) is 0.625. The second-order valence-corrected chi connectivity index (χ2v) is 11.8. The van der Waals surface area contributed by atoms with Gasteiger partial charge in [-0.05, 0) is 72.1 Å². The van der Waals surface area contributed by atoms with Gasteiger partial charge in [0, 0.05) is 17.5 Å². The highest BCUT2D eigenvalue weighted by atomic mass is 32.2. The Morgan fingerprint density at radius 2 is 1.42 bits per heavy atom. The zero-order valence-electron chi connectivity index (χ0n) is 21.1. The number of hydrogen-bond donors (Lipinski definition) is 0. The molecule has 0 unspecified atom stereocenters. The van der Waals surface area contributed by atoms with E-state index < -0.39 is 39.3 Å². The van der Waals surface area contributed by atoms with Gasteiger partial charge in [-0.25, -0.2) is 0 Å². The van der Waals surface area contributed by atoms with Gasteiger partial charge in [0.25, 0.3) is 10.1 Å². The molecule has 0 bridgehead atoms. The van der Waals surface area contributed by atoms with Crippen molar-refractivity contribution in [3.05, 3.63) is 33.9 Å². The van der Waals surface area contributed by atoms with Gasteiger partial charge in [0.15, 0.2) is 5.78 Å². The van der Waals surface area contributed by atoms with Gasteiger partial charge in [-0.3, -0.25) is 18.6 Å². The third kappa shape index (κ3) is 8.89. The van der Waals surface area contributed by atoms with Crippen LogP contribution < -0.4 is 0 Å². The van der Waals surface area contributed by atoms with Crippen molar-refractivity contribution in [1.82, 2.24) is 0 Å². The molecular weight excluding hydrogens is 448 g/mol. The van der Waals surface area contributed by atoms with Gasteiger partial charge in [0.1, 0.15) is 13.2 Å². The zero-order valence-corrected chi connectivity index (χ0v) is 21.9. The largest absolute Gasteiger partial charge is 0.465 e. The minimum Gasteiger partial charge on any atom is -0.465 e. The monoisotopic (exact) mass is 484 g/mol. The summed E-state index contributed by atoms with van der Waals surface area (Å²) < 4.78 is 38.2. The molecule has 0 saturated carbocycles. The lowest BCUT2D eigenvalue weighted by atomic mass is 9.89. The van der Waals surface area contributed by atoms with Gasteiger partial charge in [0.2, 0.25) is 0 Å². The van der Waals surface area contributed by atoms with Crippen molar-refractivity contribution >= 4 is 27.8 Å². The Morgan fingerprint density at radius 3 is 1.91 bits per heavy atom. The summed E-state index contributed by atoms with van der Waals surface area (Å²) in [5, 5.41) is 0. The average molecular weight is 485 g/mol. The molecule has 0 fully saturated rings. The van der Waals surface area contributed by atoms with Gasteiger partial charge in [0.05, 0.1) is 23.7 Å². The standard InChI is InChI=1S/C24H36O8S/c1-15-12-17(13-31-22(27)24(6,7)8)20(19(25)14-32-33(9,28)29)16(2)18(15)10-11-30-21(26)23(3,4)5/h12H,10-11,13-14H2,1-9H3. The molecule has 1 aromatic rings. The van der Waals surface area contributed by atoms with Crippen molar-refractivity contribution in [2.24, 2.45) is 10.8 Å². The first-order valence-electron chi connectivity index (χ1n) is 10.7. The number of ether oxygens (including phenoxy) is 2. The van der Waals surface area contributed by atoms with Crippen LogP contribution in [0.4, 0.5) is 0 Å². The van der Waals surface area contributed by atoms with Crippen LogP contribution in [0, 0.1) is 24.7 Å². The van der Waals surface area contributed by atoms with E-state index in [2.05, 4.69) is 0 Å². The number of esters is 2. The number of ketones is 1. The second kappa shape index (κ2) is 10.8. The SMILES string of the molecule is Cc1cc(COC(=O)C(C)(C)C)c(C(=O)COS(C)(=O)=O)c(C)c1CCOC(=O)C(C)(C)C. The summed E-state index contributed by atoms with van der Waals surface area (Å²) >= 11 is 0. The smallest absolute Gasteiger partial charge is 0.311 e. The third-order valence-electron chi connectivity index (χ3n) is 4.87. The second-order valence-electron chi connectivity index (χ2n) is 10.2. The van der Waals surface area contributed by atoms with Crippen LogP contribution in [0.2, 0.25) is 0 Å². The van der Waals surface area contributed by atoms with Crippen LogP contribution >= 0.6 is 0 Å². The van der Waals surface area contributed by atoms with E-state index in [0.717, 1.165) is 17.4 Å². The molecule has 0 radical (unpaired) electrons. The molecule has 0 heterocycles. The van der Waals surface area contributed by atoms with Crippen LogP contribution in [-0.4, -0.2) is 45.6 Å². The van der Waals surface area contributed by atoms with E-state index in [9.17, 15) is 22.8 Å². The number of Topliss-reactive ketones (excluding diaryl/α,β-unsaturated/α-hetero) is 1. The lowest BCUT2D eigenvalue weighted by Crippen LogP contribution is -2.25. The van der Waals surface area contributed by atoms with Gasteiger partial charge in [-0.15, -0.1) is 0 Å².